The average Bonchev–Trinajstić information content (AvgIpc) is 3.23. The Hall–Kier alpha value is -3.34. The smallest absolute Gasteiger partial charge is 0.134 e. The Morgan fingerprint density at radius 3 is 1.32 bits per heavy atom. The normalized spacial score (nSPS) is 17.9. The van der Waals surface area contributed by atoms with E-state index in [0.717, 1.165) is 59.5 Å². The number of hydrogen-bond acceptors (Lipinski definition) is 3. The van der Waals surface area contributed by atoms with E-state index in [4.69, 9.17) is 15.9 Å². The molecule has 2 saturated carbocycles. The van der Waals surface area contributed by atoms with E-state index in [-0.39, 0.29) is 0 Å². The van der Waals surface area contributed by atoms with Crippen LogP contribution in [0.5, 0.6) is 0 Å². The minimum atomic E-state index is 0.401. The first kappa shape index (κ1) is 19.6. The molecule has 0 saturated heterocycles. The monoisotopic (exact) mass is 412 g/mol. The van der Waals surface area contributed by atoms with Crippen LogP contribution < -0.4 is 11.5 Å². The van der Waals surface area contributed by atoms with Gasteiger partial charge in [0.15, 0.2) is 0 Å². The molecule has 5 heteroatoms. The van der Waals surface area contributed by atoms with E-state index < -0.39 is 0 Å². The number of benzene rings is 2. The van der Waals surface area contributed by atoms with Gasteiger partial charge >= 0.3 is 0 Å². The number of furan rings is 1. The van der Waals surface area contributed by atoms with Gasteiger partial charge in [0.1, 0.15) is 23.2 Å². The predicted molar refractivity (Wildman–Crippen MR) is 126 cm³/mol. The Bertz CT molecular complexity index is 1010. The molecule has 0 atom stereocenters. The van der Waals surface area contributed by atoms with Crippen molar-refractivity contribution in [1.82, 2.24) is 0 Å². The number of nitrogens with zero attached hydrogens (tertiary/aromatic N) is 2. The molecule has 31 heavy (non-hydrogen) atoms. The van der Waals surface area contributed by atoms with E-state index in [2.05, 4.69) is 9.98 Å². The van der Waals surface area contributed by atoms with Crippen LogP contribution in [-0.4, -0.2) is 23.8 Å². The van der Waals surface area contributed by atoms with Crippen LogP contribution in [0.3, 0.4) is 0 Å². The molecule has 0 aliphatic heterocycles. The highest BCUT2D eigenvalue weighted by atomic mass is 16.3. The molecule has 158 valence electrons. The fourth-order valence-electron chi connectivity index (χ4n) is 3.83. The maximum absolute atomic E-state index is 6.15. The zero-order valence-electron chi connectivity index (χ0n) is 17.6. The van der Waals surface area contributed by atoms with E-state index in [9.17, 15) is 0 Å². The lowest BCUT2D eigenvalue weighted by Gasteiger charge is -2.21. The molecule has 0 bridgehead atoms. The van der Waals surface area contributed by atoms with E-state index in [0.29, 0.717) is 23.8 Å². The van der Waals surface area contributed by atoms with Crippen molar-refractivity contribution in [2.24, 2.45) is 21.5 Å². The summed E-state index contributed by atoms with van der Waals surface area (Å²) in [6, 6.07) is 20.9. The molecular weight excluding hydrogens is 384 g/mol. The minimum absolute atomic E-state index is 0.401. The summed E-state index contributed by atoms with van der Waals surface area (Å²) in [6.45, 7) is 0. The fraction of sp³-hybridized carbons (Fsp3) is 0.308. The lowest BCUT2D eigenvalue weighted by atomic mass is 9.94. The molecule has 3 aromatic rings. The van der Waals surface area contributed by atoms with Gasteiger partial charge in [0.25, 0.3) is 0 Å². The van der Waals surface area contributed by atoms with Crippen LogP contribution in [0.15, 0.2) is 75.1 Å². The first-order chi connectivity index (χ1) is 15.2. The molecule has 1 aromatic heterocycles. The van der Waals surface area contributed by atoms with Crippen LogP contribution in [0.4, 0.5) is 0 Å². The third kappa shape index (κ3) is 4.26. The van der Waals surface area contributed by atoms with Gasteiger partial charge in [-0.05, 0) is 50.7 Å². The molecule has 0 amide bonds. The van der Waals surface area contributed by atoms with Crippen molar-refractivity contribution in [3.8, 4) is 22.6 Å². The Kier molecular flexibility index (Phi) is 5.33. The summed E-state index contributed by atoms with van der Waals surface area (Å²) in [4.78, 5) is 9.19. The van der Waals surface area contributed by atoms with Crippen molar-refractivity contribution < 1.29 is 4.42 Å². The summed E-state index contributed by atoms with van der Waals surface area (Å²) in [7, 11) is 0. The Morgan fingerprint density at radius 1 is 0.613 bits per heavy atom. The molecule has 0 spiro atoms. The van der Waals surface area contributed by atoms with Crippen LogP contribution in [0.25, 0.3) is 22.6 Å². The van der Waals surface area contributed by atoms with Crippen molar-refractivity contribution in [2.75, 3.05) is 0 Å². The largest absolute Gasteiger partial charge is 0.456 e. The van der Waals surface area contributed by atoms with E-state index in [1.54, 1.807) is 0 Å². The third-order valence-electron chi connectivity index (χ3n) is 6.33. The second-order valence-corrected chi connectivity index (χ2v) is 8.52. The molecule has 2 fully saturated rings. The Morgan fingerprint density at radius 2 is 1.00 bits per heavy atom. The summed E-state index contributed by atoms with van der Waals surface area (Å²) in [6.07, 6.45) is 7.10. The van der Waals surface area contributed by atoms with Gasteiger partial charge in [-0.1, -0.05) is 48.5 Å². The van der Waals surface area contributed by atoms with Gasteiger partial charge in [-0.15, -0.1) is 0 Å². The van der Waals surface area contributed by atoms with Gasteiger partial charge in [0.05, 0.1) is 12.1 Å². The Balaban J connectivity index is 1.29. The average molecular weight is 413 g/mol. The van der Waals surface area contributed by atoms with Crippen LogP contribution in [0.2, 0.25) is 0 Å². The molecule has 2 aliphatic carbocycles. The number of aliphatic imine (C=N–C) groups is 2. The summed E-state index contributed by atoms with van der Waals surface area (Å²) in [5.74, 6) is 2.89. The number of amidine groups is 2. The number of rotatable bonds is 6. The zero-order valence-corrected chi connectivity index (χ0v) is 17.6. The Labute approximate surface area is 182 Å². The molecule has 2 aromatic carbocycles. The minimum Gasteiger partial charge on any atom is -0.456 e. The second-order valence-electron chi connectivity index (χ2n) is 8.52. The molecule has 0 unspecified atom stereocenters. The lowest BCUT2D eigenvalue weighted by molar-refractivity contribution is 0.420. The zero-order chi connectivity index (χ0) is 21.2. The molecule has 1 heterocycles. The number of hydrogen-bond donors (Lipinski definition) is 2. The summed E-state index contributed by atoms with van der Waals surface area (Å²) in [5, 5.41) is 0. The van der Waals surface area contributed by atoms with Gasteiger partial charge in [-0.25, -0.2) is 0 Å². The first-order valence-electron chi connectivity index (χ1n) is 11.1. The predicted octanol–water partition coefficient (Wildman–Crippen LogP) is 5.13. The van der Waals surface area contributed by atoms with Gasteiger partial charge in [0.2, 0.25) is 0 Å². The van der Waals surface area contributed by atoms with E-state index >= 15 is 0 Å². The second kappa shape index (κ2) is 8.42. The topological polar surface area (TPSA) is 89.9 Å². The van der Waals surface area contributed by atoms with Crippen LogP contribution >= 0.6 is 0 Å². The molecule has 4 N–H and O–H groups in total. The van der Waals surface area contributed by atoms with Crippen LogP contribution in [0, 0.1) is 0 Å². The van der Waals surface area contributed by atoms with E-state index in [1.165, 1.54) is 12.8 Å². The molecule has 0 radical (unpaired) electrons. The van der Waals surface area contributed by atoms with Crippen LogP contribution in [-0.2, 0) is 0 Å². The molecule has 2 aliphatic rings. The first-order valence-corrected chi connectivity index (χ1v) is 11.1. The summed E-state index contributed by atoms with van der Waals surface area (Å²) in [5.41, 5.74) is 16.3. The van der Waals surface area contributed by atoms with Gasteiger partial charge < -0.3 is 15.9 Å². The SMILES string of the molecule is NC(=NC1CCC1)c1ccc(-c2ccc(-c3ccc(C(N)=NC4CCC4)cc3)o2)cc1. The maximum Gasteiger partial charge on any atom is 0.134 e. The molecular formula is C26H28N4O. The summed E-state index contributed by atoms with van der Waals surface area (Å²) >= 11 is 0. The van der Waals surface area contributed by atoms with Crippen molar-refractivity contribution in [3.63, 3.8) is 0 Å². The summed E-state index contributed by atoms with van der Waals surface area (Å²) < 4.78 is 6.12. The third-order valence-corrected chi connectivity index (χ3v) is 6.33. The van der Waals surface area contributed by atoms with Gasteiger partial charge in [-0.3, -0.25) is 9.98 Å². The van der Waals surface area contributed by atoms with Crippen molar-refractivity contribution in [1.29, 1.82) is 0 Å². The fourth-order valence-corrected chi connectivity index (χ4v) is 3.83. The van der Waals surface area contributed by atoms with Gasteiger partial charge in [0, 0.05) is 22.3 Å². The highest BCUT2D eigenvalue weighted by Gasteiger charge is 2.17. The molecule has 5 rings (SSSR count). The quantitative estimate of drug-likeness (QED) is 0.434. The van der Waals surface area contributed by atoms with E-state index in [1.807, 2.05) is 60.7 Å². The van der Waals surface area contributed by atoms with Crippen molar-refractivity contribution in [2.45, 2.75) is 50.6 Å². The maximum atomic E-state index is 6.15. The van der Waals surface area contributed by atoms with Crippen LogP contribution in [0.1, 0.15) is 49.7 Å². The number of nitrogens with two attached hydrogens (primary N) is 2. The van der Waals surface area contributed by atoms with Crippen molar-refractivity contribution >= 4 is 11.7 Å². The van der Waals surface area contributed by atoms with Gasteiger partial charge in [-0.2, -0.15) is 0 Å². The highest BCUT2D eigenvalue weighted by molar-refractivity contribution is 5.98. The standard InChI is InChI=1S/C26H28N4O/c27-25(29-21-3-1-4-21)19-11-7-17(8-12-19)23-15-16-24(31-23)18-9-13-20(14-10-18)26(28)30-22-5-2-6-22/h7-16,21-22H,1-6H2,(H2,27,29)(H2,28,30). The highest BCUT2D eigenvalue weighted by Crippen LogP contribution is 2.29. The lowest BCUT2D eigenvalue weighted by Crippen LogP contribution is -2.22. The van der Waals surface area contributed by atoms with Crippen molar-refractivity contribution in [3.05, 3.63) is 71.8 Å². The molecule has 5 nitrogen and oxygen atoms in total.